The van der Waals surface area contributed by atoms with Crippen LogP contribution in [0.1, 0.15) is 27.2 Å². The first-order valence-electron chi connectivity index (χ1n) is 6.31. The minimum absolute atomic E-state index is 0.0593. The third kappa shape index (κ3) is 3.34. The molecule has 1 aromatic heterocycles. The van der Waals surface area contributed by atoms with Gasteiger partial charge in [0, 0.05) is 17.8 Å². The highest BCUT2D eigenvalue weighted by Gasteiger charge is 2.14. The van der Waals surface area contributed by atoms with Gasteiger partial charge < -0.3 is 10.3 Å². The van der Waals surface area contributed by atoms with E-state index in [4.69, 9.17) is 0 Å². The van der Waals surface area contributed by atoms with Gasteiger partial charge in [0.15, 0.2) is 0 Å². The summed E-state index contributed by atoms with van der Waals surface area (Å²) in [5.74, 6) is -2.29. The van der Waals surface area contributed by atoms with E-state index in [1.54, 1.807) is 19.9 Å². The van der Waals surface area contributed by atoms with Crippen molar-refractivity contribution in [1.29, 1.82) is 0 Å². The predicted molar refractivity (Wildman–Crippen MR) is 74.1 cm³/mol. The molecule has 0 saturated heterocycles. The van der Waals surface area contributed by atoms with Gasteiger partial charge in [-0.05, 0) is 43.7 Å². The van der Waals surface area contributed by atoms with E-state index in [-0.39, 0.29) is 12.1 Å². The topological polar surface area (TPSA) is 62.0 Å². The second kappa shape index (κ2) is 5.87. The molecular weight excluding hydrogens is 278 g/mol. The number of carbonyl (C=O) groups is 1. The molecule has 1 heterocycles. The van der Waals surface area contributed by atoms with Crippen LogP contribution < -0.4 is 10.9 Å². The molecule has 0 radical (unpaired) electrons. The molecule has 2 aromatic rings. The van der Waals surface area contributed by atoms with E-state index in [0.717, 1.165) is 23.8 Å². The second-order valence-electron chi connectivity index (χ2n) is 4.75. The summed E-state index contributed by atoms with van der Waals surface area (Å²) in [6.45, 7) is 3.43. The molecule has 0 bridgehead atoms. The fourth-order valence-corrected chi connectivity index (χ4v) is 2.04. The van der Waals surface area contributed by atoms with Crippen LogP contribution in [0.15, 0.2) is 29.1 Å². The van der Waals surface area contributed by atoms with Gasteiger partial charge in [-0.15, -0.1) is 0 Å². The fourth-order valence-electron chi connectivity index (χ4n) is 2.04. The molecule has 0 atom stereocenters. The Balaban J connectivity index is 2.19. The first-order chi connectivity index (χ1) is 9.88. The lowest BCUT2D eigenvalue weighted by Gasteiger charge is -2.08. The number of rotatable bonds is 3. The summed E-state index contributed by atoms with van der Waals surface area (Å²) >= 11 is 0. The lowest BCUT2D eigenvalue weighted by Crippen LogP contribution is -2.28. The number of benzene rings is 1. The molecule has 0 aliphatic heterocycles. The van der Waals surface area contributed by atoms with Crippen LogP contribution in [-0.4, -0.2) is 10.9 Å². The van der Waals surface area contributed by atoms with Gasteiger partial charge in [0.25, 0.3) is 11.5 Å². The normalized spacial score (nSPS) is 10.5. The number of halogens is 2. The van der Waals surface area contributed by atoms with E-state index in [9.17, 15) is 18.4 Å². The Bertz CT molecular complexity index is 754. The fraction of sp³-hybridized carbons (Fsp3) is 0.200. The highest BCUT2D eigenvalue weighted by Crippen LogP contribution is 2.10. The number of hydrogen-bond donors (Lipinski definition) is 2. The van der Waals surface area contributed by atoms with Crippen molar-refractivity contribution in [3.05, 3.63) is 68.6 Å². The van der Waals surface area contributed by atoms with E-state index in [2.05, 4.69) is 10.3 Å². The summed E-state index contributed by atoms with van der Waals surface area (Å²) in [5.41, 5.74) is 1.11. The number of H-pyrrole nitrogens is 1. The average molecular weight is 292 g/mol. The molecule has 110 valence electrons. The number of aromatic amines is 1. The lowest BCUT2D eigenvalue weighted by molar-refractivity contribution is 0.0946. The lowest BCUT2D eigenvalue weighted by atomic mass is 10.1. The molecule has 6 heteroatoms. The Hall–Kier alpha value is -2.50. The SMILES string of the molecule is Cc1cc(C)c(CNC(=O)c2cc(F)ccc2F)c(=O)[nH]1. The molecule has 0 aliphatic rings. The van der Waals surface area contributed by atoms with Gasteiger partial charge in [-0.1, -0.05) is 0 Å². The van der Waals surface area contributed by atoms with Crippen LogP contribution in [0.25, 0.3) is 0 Å². The molecule has 0 fully saturated rings. The van der Waals surface area contributed by atoms with Crippen molar-refractivity contribution in [2.45, 2.75) is 20.4 Å². The van der Waals surface area contributed by atoms with Crippen molar-refractivity contribution in [1.82, 2.24) is 10.3 Å². The molecule has 0 spiro atoms. The highest BCUT2D eigenvalue weighted by atomic mass is 19.1. The molecule has 0 saturated carbocycles. The zero-order chi connectivity index (χ0) is 15.6. The maximum Gasteiger partial charge on any atom is 0.254 e. The quantitative estimate of drug-likeness (QED) is 0.911. The van der Waals surface area contributed by atoms with Crippen molar-refractivity contribution in [3.8, 4) is 0 Å². The summed E-state index contributed by atoms with van der Waals surface area (Å²) < 4.78 is 26.5. The molecule has 0 aliphatic carbocycles. The van der Waals surface area contributed by atoms with Gasteiger partial charge in [0.1, 0.15) is 11.6 Å². The van der Waals surface area contributed by atoms with E-state index < -0.39 is 23.1 Å². The van der Waals surface area contributed by atoms with Crippen LogP contribution in [0.4, 0.5) is 8.78 Å². The van der Waals surface area contributed by atoms with Crippen LogP contribution in [0.5, 0.6) is 0 Å². The van der Waals surface area contributed by atoms with Gasteiger partial charge >= 0.3 is 0 Å². The maximum absolute atomic E-state index is 13.5. The van der Waals surface area contributed by atoms with Gasteiger partial charge in [-0.3, -0.25) is 9.59 Å². The standard InChI is InChI=1S/C15H14F2N2O2/c1-8-5-9(2)19-15(21)12(8)7-18-14(20)11-6-10(16)3-4-13(11)17/h3-6H,7H2,1-2H3,(H,18,20)(H,19,21). The third-order valence-corrected chi connectivity index (χ3v) is 3.09. The summed E-state index contributed by atoms with van der Waals surface area (Å²) in [6, 6.07) is 4.40. The number of aryl methyl sites for hydroxylation is 2. The molecular formula is C15H14F2N2O2. The van der Waals surface area contributed by atoms with E-state index >= 15 is 0 Å². The van der Waals surface area contributed by atoms with Crippen LogP contribution in [0.2, 0.25) is 0 Å². The minimum Gasteiger partial charge on any atom is -0.348 e. The van der Waals surface area contributed by atoms with Crippen LogP contribution in [0, 0.1) is 25.5 Å². The Morgan fingerprint density at radius 2 is 1.95 bits per heavy atom. The van der Waals surface area contributed by atoms with Crippen molar-refractivity contribution >= 4 is 5.91 Å². The zero-order valence-electron chi connectivity index (χ0n) is 11.6. The molecule has 2 rings (SSSR count). The number of amides is 1. The average Bonchev–Trinajstić information content (AvgIpc) is 2.40. The smallest absolute Gasteiger partial charge is 0.254 e. The van der Waals surface area contributed by atoms with Crippen molar-refractivity contribution in [2.75, 3.05) is 0 Å². The number of nitrogens with one attached hydrogen (secondary N) is 2. The molecule has 1 amide bonds. The van der Waals surface area contributed by atoms with Crippen LogP contribution in [-0.2, 0) is 6.54 Å². The van der Waals surface area contributed by atoms with Gasteiger partial charge in [-0.2, -0.15) is 0 Å². The Labute approximate surface area is 119 Å². The summed E-state index contributed by atoms with van der Waals surface area (Å²) in [7, 11) is 0. The summed E-state index contributed by atoms with van der Waals surface area (Å²) in [6.07, 6.45) is 0. The molecule has 2 N–H and O–H groups in total. The van der Waals surface area contributed by atoms with Gasteiger partial charge in [-0.25, -0.2) is 8.78 Å². The number of aromatic nitrogens is 1. The first-order valence-corrected chi connectivity index (χ1v) is 6.31. The van der Waals surface area contributed by atoms with Crippen LogP contribution >= 0.6 is 0 Å². The van der Waals surface area contributed by atoms with Crippen molar-refractivity contribution in [2.24, 2.45) is 0 Å². The molecule has 1 aromatic carbocycles. The third-order valence-electron chi connectivity index (χ3n) is 3.09. The van der Waals surface area contributed by atoms with Crippen molar-refractivity contribution in [3.63, 3.8) is 0 Å². The summed E-state index contributed by atoms with van der Waals surface area (Å²) in [5, 5.41) is 2.42. The number of pyridine rings is 1. The molecule has 0 unspecified atom stereocenters. The number of carbonyl (C=O) groups excluding carboxylic acids is 1. The minimum atomic E-state index is -0.816. The molecule has 4 nitrogen and oxygen atoms in total. The second-order valence-corrected chi connectivity index (χ2v) is 4.75. The van der Waals surface area contributed by atoms with E-state index in [1.807, 2.05) is 0 Å². The van der Waals surface area contributed by atoms with Crippen LogP contribution in [0.3, 0.4) is 0 Å². The Morgan fingerprint density at radius 3 is 2.62 bits per heavy atom. The largest absolute Gasteiger partial charge is 0.348 e. The first kappa shape index (κ1) is 14.9. The zero-order valence-corrected chi connectivity index (χ0v) is 11.6. The highest BCUT2D eigenvalue weighted by molar-refractivity contribution is 5.94. The van der Waals surface area contributed by atoms with Crippen molar-refractivity contribution < 1.29 is 13.6 Å². The van der Waals surface area contributed by atoms with Gasteiger partial charge in [0.2, 0.25) is 0 Å². The molecule has 21 heavy (non-hydrogen) atoms. The number of hydrogen-bond acceptors (Lipinski definition) is 2. The Morgan fingerprint density at radius 1 is 1.24 bits per heavy atom. The Kier molecular flexibility index (Phi) is 4.16. The maximum atomic E-state index is 13.5. The van der Waals surface area contributed by atoms with E-state index in [0.29, 0.717) is 11.3 Å². The monoisotopic (exact) mass is 292 g/mol. The van der Waals surface area contributed by atoms with E-state index in [1.165, 1.54) is 0 Å². The predicted octanol–water partition coefficient (Wildman–Crippen LogP) is 2.20. The summed E-state index contributed by atoms with van der Waals surface area (Å²) in [4.78, 5) is 26.3. The van der Waals surface area contributed by atoms with Gasteiger partial charge in [0.05, 0.1) is 5.56 Å².